The van der Waals surface area contributed by atoms with Crippen LogP contribution in [0.1, 0.15) is 13.8 Å². The maximum absolute atomic E-state index is 12.0. The first-order chi connectivity index (χ1) is 10.0. The van der Waals surface area contributed by atoms with E-state index in [1.165, 1.54) is 4.68 Å². The van der Waals surface area contributed by atoms with Crippen LogP contribution >= 0.6 is 0 Å². The number of anilines is 2. The molecule has 1 aromatic carbocycles. The zero-order valence-electron chi connectivity index (χ0n) is 12.2. The fourth-order valence-electron chi connectivity index (χ4n) is 1.75. The quantitative estimate of drug-likeness (QED) is 0.853. The molecular formula is C15H20N4O2. The lowest BCUT2D eigenvalue weighted by molar-refractivity contribution is -0.116. The van der Waals surface area contributed by atoms with Crippen LogP contribution in [0.25, 0.3) is 0 Å². The Balaban J connectivity index is 1.99. The minimum Gasteiger partial charge on any atom is -0.491 e. The summed E-state index contributed by atoms with van der Waals surface area (Å²) in [5.74, 6) is 1.29. The van der Waals surface area contributed by atoms with Crippen molar-refractivity contribution in [2.75, 3.05) is 17.7 Å². The summed E-state index contributed by atoms with van der Waals surface area (Å²) in [7, 11) is 0. The van der Waals surface area contributed by atoms with Gasteiger partial charge in [-0.15, -0.1) is 0 Å². The molecule has 1 aromatic heterocycles. The smallest absolute Gasteiger partial charge is 0.246 e. The Morgan fingerprint density at radius 1 is 1.38 bits per heavy atom. The highest BCUT2D eigenvalue weighted by Crippen LogP contribution is 2.24. The van der Waals surface area contributed by atoms with Crippen molar-refractivity contribution >= 4 is 17.4 Å². The molecule has 0 aliphatic rings. The van der Waals surface area contributed by atoms with Gasteiger partial charge in [-0.3, -0.25) is 9.48 Å². The van der Waals surface area contributed by atoms with Crippen molar-refractivity contribution in [2.45, 2.75) is 20.4 Å². The van der Waals surface area contributed by atoms with E-state index in [-0.39, 0.29) is 12.5 Å². The molecule has 0 unspecified atom stereocenters. The first kappa shape index (κ1) is 14.9. The lowest BCUT2D eigenvalue weighted by atomic mass is 10.2. The molecule has 0 fully saturated rings. The fraction of sp³-hybridized carbons (Fsp3) is 0.333. The van der Waals surface area contributed by atoms with Gasteiger partial charge in [0.25, 0.3) is 0 Å². The lowest BCUT2D eigenvalue weighted by Gasteiger charge is -2.13. The number of carbonyl (C=O) groups excluding carboxylic acids is 1. The molecule has 0 saturated carbocycles. The number of para-hydroxylation sites is 2. The topological polar surface area (TPSA) is 82.2 Å². The van der Waals surface area contributed by atoms with Gasteiger partial charge in [0.05, 0.1) is 12.3 Å². The normalized spacial score (nSPS) is 10.6. The molecule has 0 radical (unpaired) electrons. The second-order valence-corrected chi connectivity index (χ2v) is 5.19. The number of nitrogens with two attached hydrogens (primary N) is 1. The standard InChI is InChI=1S/C15H20N4O2/c1-11(2)10-21-13-6-4-3-5-12(13)17-15(20)9-19-8-7-14(16)18-19/h3-8,11H,9-10H2,1-2H3,(H2,16,18)(H,17,20). The Bertz CT molecular complexity index is 607. The van der Waals surface area contributed by atoms with Crippen molar-refractivity contribution in [1.82, 2.24) is 9.78 Å². The average Bonchev–Trinajstić information content (AvgIpc) is 2.83. The molecule has 0 saturated heterocycles. The number of aromatic nitrogens is 2. The zero-order chi connectivity index (χ0) is 15.2. The Morgan fingerprint density at radius 2 is 2.14 bits per heavy atom. The molecule has 0 bridgehead atoms. The van der Waals surface area contributed by atoms with Crippen LogP contribution in [-0.2, 0) is 11.3 Å². The van der Waals surface area contributed by atoms with Crippen molar-refractivity contribution < 1.29 is 9.53 Å². The molecule has 6 heteroatoms. The van der Waals surface area contributed by atoms with E-state index >= 15 is 0 Å². The number of nitrogens with zero attached hydrogens (tertiary/aromatic N) is 2. The van der Waals surface area contributed by atoms with Gasteiger partial charge in [-0.1, -0.05) is 26.0 Å². The molecule has 1 heterocycles. The zero-order valence-corrected chi connectivity index (χ0v) is 12.2. The van der Waals surface area contributed by atoms with Gasteiger partial charge in [0.15, 0.2) is 0 Å². The SMILES string of the molecule is CC(C)COc1ccccc1NC(=O)Cn1ccc(N)n1. The van der Waals surface area contributed by atoms with Crippen molar-refractivity contribution in [3.05, 3.63) is 36.5 Å². The lowest BCUT2D eigenvalue weighted by Crippen LogP contribution is -2.20. The van der Waals surface area contributed by atoms with Crippen molar-refractivity contribution in [1.29, 1.82) is 0 Å². The van der Waals surface area contributed by atoms with Gasteiger partial charge in [-0.05, 0) is 24.1 Å². The van der Waals surface area contributed by atoms with Gasteiger partial charge >= 0.3 is 0 Å². The summed E-state index contributed by atoms with van der Waals surface area (Å²) in [4.78, 5) is 12.0. The second-order valence-electron chi connectivity index (χ2n) is 5.19. The predicted molar refractivity (Wildman–Crippen MR) is 82.0 cm³/mol. The number of carbonyl (C=O) groups is 1. The van der Waals surface area contributed by atoms with Crippen molar-refractivity contribution in [2.24, 2.45) is 5.92 Å². The maximum atomic E-state index is 12.0. The van der Waals surface area contributed by atoms with E-state index in [1.54, 1.807) is 12.3 Å². The third-order valence-electron chi connectivity index (χ3n) is 2.70. The third-order valence-corrected chi connectivity index (χ3v) is 2.70. The van der Waals surface area contributed by atoms with E-state index in [0.717, 1.165) is 0 Å². The van der Waals surface area contributed by atoms with Gasteiger partial charge < -0.3 is 15.8 Å². The Labute approximate surface area is 123 Å². The van der Waals surface area contributed by atoms with E-state index in [2.05, 4.69) is 24.3 Å². The molecule has 0 spiro atoms. The molecule has 0 aliphatic heterocycles. The van der Waals surface area contributed by atoms with Crippen LogP contribution in [0.4, 0.5) is 11.5 Å². The molecule has 112 valence electrons. The van der Waals surface area contributed by atoms with Gasteiger partial charge in [-0.2, -0.15) is 5.10 Å². The molecular weight excluding hydrogens is 268 g/mol. The molecule has 3 N–H and O–H groups in total. The third kappa shape index (κ3) is 4.52. The number of rotatable bonds is 6. The minimum atomic E-state index is -0.182. The molecule has 1 amide bonds. The Kier molecular flexibility index (Phi) is 4.81. The monoisotopic (exact) mass is 288 g/mol. The highest BCUT2D eigenvalue weighted by Gasteiger charge is 2.09. The van der Waals surface area contributed by atoms with E-state index in [1.807, 2.05) is 24.3 Å². The number of amides is 1. The summed E-state index contributed by atoms with van der Waals surface area (Å²) in [6.45, 7) is 4.85. The average molecular weight is 288 g/mol. The molecule has 21 heavy (non-hydrogen) atoms. The maximum Gasteiger partial charge on any atom is 0.246 e. The largest absolute Gasteiger partial charge is 0.491 e. The van der Waals surface area contributed by atoms with Crippen LogP contribution in [0.2, 0.25) is 0 Å². The Hall–Kier alpha value is -2.50. The van der Waals surface area contributed by atoms with Crippen LogP contribution in [0.5, 0.6) is 5.75 Å². The van der Waals surface area contributed by atoms with E-state index in [0.29, 0.717) is 29.8 Å². The van der Waals surface area contributed by atoms with Gasteiger partial charge in [0.1, 0.15) is 18.1 Å². The highest BCUT2D eigenvalue weighted by molar-refractivity contribution is 5.92. The van der Waals surface area contributed by atoms with Crippen LogP contribution < -0.4 is 15.8 Å². The molecule has 0 atom stereocenters. The summed E-state index contributed by atoms with van der Waals surface area (Å²) >= 11 is 0. The van der Waals surface area contributed by atoms with E-state index < -0.39 is 0 Å². The van der Waals surface area contributed by atoms with E-state index in [4.69, 9.17) is 10.5 Å². The first-order valence-electron chi connectivity index (χ1n) is 6.85. The summed E-state index contributed by atoms with van der Waals surface area (Å²) in [5.41, 5.74) is 6.17. The van der Waals surface area contributed by atoms with Crippen LogP contribution in [0.15, 0.2) is 36.5 Å². The van der Waals surface area contributed by atoms with Gasteiger partial charge in [-0.25, -0.2) is 0 Å². The van der Waals surface area contributed by atoms with E-state index in [9.17, 15) is 4.79 Å². The number of nitrogens with one attached hydrogen (secondary N) is 1. The second kappa shape index (κ2) is 6.78. The summed E-state index contributed by atoms with van der Waals surface area (Å²) in [6, 6.07) is 9.02. The molecule has 0 aliphatic carbocycles. The predicted octanol–water partition coefficient (Wildman–Crippen LogP) is 2.14. The molecule has 2 rings (SSSR count). The summed E-state index contributed by atoms with van der Waals surface area (Å²) in [6.07, 6.45) is 1.66. The summed E-state index contributed by atoms with van der Waals surface area (Å²) in [5, 5.41) is 6.80. The number of ether oxygens (including phenoxy) is 1. The number of benzene rings is 1. The number of hydrogen-bond donors (Lipinski definition) is 2. The van der Waals surface area contributed by atoms with Crippen LogP contribution in [-0.4, -0.2) is 22.3 Å². The van der Waals surface area contributed by atoms with Crippen molar-refractivity contribution in [3.8, 4) is 5.75 Å². The minimum absolute atomic E-state index is 0.107. The molecule has 2 aromatic rings. The van der Waals surface area contributed by atoms with Gasteiger partial charge in [0, 0.05) is 6.20 Å². The van der Waals surface area contributed by atoms with Crippen molar-refractivity contribution in [3.63, 3.8) is 0 Å². The molecule has 6 nitrogen and oxygen atoms in total. The summed E-state index contributed by atoms with van der Waals surface area (Å²) < 4.78 is 7.18. The number of hydrogen-bond acceptors (Lipinski definition) is 4. The van der Waals surface area contributed by atoms with Crippen LogP contribution in [0, 0.1) is 5.92 Å². The number of nitrogen functional groups attached to an aromatic ring is 1. The van der Waals surface area contributed by atoms with Gasteiger partial charge in [0.2, 0.25) is 5.91 Å². The van der Waals surface area contributed by atoms with Crippen LogP contribution in [0.3, 0.4) is 0 Å². The fourth-order valence-corrected chi connectivity index (χ4v) is 1.75. The highest BCUT2D eigenvalue weighted by atomic mass is 16.5. The first-order valence-corrected chi connectivity index (χ1v) is 6.85. The Morgan fingerprint density at radius 3 is 2.81 bits per heavy atom.